The zero-order chi connectivity index (χ0) is 22.7. The smallest absolute Gasteiger partial charge is 0.339 e. The van der Waals surface area contributed by atoms with Crippen molar-refractivity contribution in [2.45, 2.75) is 36.8 Å². The van der Waals surface area contributed by atoms with Gasteiger partial charge in [0, 0.05) is 23.6 Å². The van der Waals surface area contributed by atoms with Gasteiger partial charge in [0.2, 0.25) is 5.71 Å². The molecule has 0 spiro atoms. The molecule has 1 aromatic rings. The molecular formula is C17H20N6O6S2. The standard InChI is InChI=1S/C17H20N6O6S2/c1-4-9(24)10(22-29-3)12(25)18-11-15(28)23-7(2)8(5-30-16(11)23)6-31-17-19-13(26)14(27)20-21-17/h11,16H,4-6H2,1-3H3,(H,18,25)(H,20,27)(H,19,21,26)/b22-10-/t11-,16-/m1/s1. The van der Waals surface area contributed by atoms with Crippen LogP contribution in [0.3, 0.4) is 0 Å². The van der Waals surface area contributed by atoms with Crippen LogP contribution in [0.2, 0.25) is 0 Å². The first-order valence-electron chi connectivity index (χ1n) is 9.18. The van der Waals surface area contributed by atoms with Crippen molar-refractivity contribution in [2.75, 3.05) is 18.6 Å². The molecule has 0 unspecified atom stereocenters. The molecular weight excluding hydrogens is 448 g/mol. The third-order valence-electron chi connectivity index (χ3n) is 4.68. The molecule has 0 aliphatic carbocycles. The van der Waals surface area contributed by atoms with Gasteiger partial charge in [0.05, 0.1) is 0 Å². The van der Waals surface area contributed by atoms with E-state index < -0.39 is 28.9 Å². The van der Waals surface area contributed by atoms with Crippen molar-refractivity contribution in [3.63, 3.8) is 0 Å². The van der Waals surface area contributed by atoms with Gasteiger partial charge in [0.1, 0.15) is 18.5 Å². The molecule has 3 rings (SSSR count). The number of β-lactam (4-membered cyclic amide) rings is 1. The normalized spacial score (nSPS) is 20.8. The van der Waals surface area contributed by atoms with Crippen LogP contribution in [0.5, 0.6) is 0 Å². The Morgan fingerprint density at radius 2 is 2.10 bits per heavy atom. The number of Topliss-reactive ketones (excluding diaryl/α,β-unsaturated/α-hetero) is 1. The van der Waals surface area contributed by atoms with E-state index in [0.29, 0.717) is 11.5 Å². The van der Waals surface area contributed by atoms with E-state index in [4.69, 9.17) is 0 Å². The SMILES string of the molecule is CCC(=O)/C(=N/OC)C(=O)N[C@@H]1C(=O)N2C(C)=C(CSc3nc(=O)c(=O)[nH][nH]3)CS[C@H]12. The lowest BCUT2D eigenvalue weighted by Crippen LogP contribution is -2.70. The van der Waals surface area contributed by atoms with E-state index in [1.807, 2.05) is 0 Å². The van der Waals surface area contributed by atoms with Crippen molar-refractivity contribution in [3.05, 3.63) is 32.0 Å². The Labute approximate surface area is 184 Å². The van der Waals surface area contributed by atoms with Crippen molar-refractivity contribution in [1.82, 2.24) is 25.4 Å². The first kappa shape index (κ1) is 22.8. The monoisotopic (exact) mass is 468 g/mol. The second-order valence-corrected chi connectivity index (χ2v) is 8.61. The van der Waals surface area contributed by atoms with Crippen LogP contribution in [0.4, 0.5) is 0 Å². The van der Waals surface area contributed by atoms with E-state index in [1.165, 1.54) is 30.6 Å². The molecule has 2 aliphatic heterocycles. The van der Waals surface area contributed by atoms with Crippen molar-refractivity contribution in [3.8, 4) is 0 Å². The number of hydrogen-bond acceptors (Lipinski definition) is 10. The minimum atomic E-state index is -0.875. The number of hydrogen-bond donors (Lipinski definition) is 3. The first-order chi connectivity index (χ1) is 14.8. The Morgan fingerprint density at radius 3 is 2.74 bits per heavy atom. The Balaban J connectivity index is 1.66. The molecule has 31 heavy (non-hydrogen) atoms. The number of carbonyl (C=O) groups is 3. The van der Waals surface area contributed by atoms with Crippen molar-refractivity contribution in [2.24, 2.45) is 5.16 Å². The molecule has 0 bridgehead atoms. The number of H-pyrrole nitrogens is 2. The number of fused-ring (bicyclic) bond motifs is 1. The van der Waals surface area contributed by atoms with Crippen LogP contribution in [0.15, 0.2) is 31.2 Å². The number of amides is 2. The highest BCUT2D eigenvalue weighted by Gasteiger charge is 2.51. The third kappa shape index (κ3) is 4.58. The summed E-state index contributed by atoms with van der Waals surface area (Å²) in [7, 11) is 1.23. The van der Waals surface area contributed by atoms with Gasteiger partial charge in [-0.2, -0.15) is 4.98 Å². The number of thioether (sulfide) groups is 2. The maximum atomic E-state index is 12.7. The highest BCUT2D eigenvalue weighted by Crippen LogP contribution is 2.40. The van der Waals surface area contributed by atoms with E-state index >= 15 is 0 Å². The van der Waals surface area contributed by atoms with Gasteiger partial charge in [0.15, 0.2) is 10.9 Å². The predicted octanol–water partition coefficient (Wildman–Crippen LogP) is -0.794. The van der Waals surface area contributed by atoms with E-state index in [0.717, 1.165) is 11.3 Å². The number of aromatic amines is 2. The van der Waals surface area contributed by atoms with Crippen LogP contribution in [0, 0.1) is 0 Å². The molecule has 2 amide bonds. The Kier molecular flexibility index (Phi) is 7.00. The molecule has 3 N–H and O–H groups in total. The Hall–Kier alpha value is -2.87. The van der Waals surface area contributed by atoms with Gasteiger partial charge in [0.25, 0.3) is 11.8 Å². The van der Waals surface area contributed by atoms with Crippen LogP contribution in [0.1, 0.15) is 20.3 Å². The van der Waals surface area contributed by atoms with Gasteiger partial charge in [-0.05, 0) is 12.5 Å². The summed E-state index contributed by atoms with van der Waals surface area (Å²) < 4.78 is 0. The maximum Gasteiger partial charge on any atom is 0.339 e. The molecule has 0 saturated carbocycles. The van der Waals surface area contributed by atoms with Crippen molar-refractivity contribution >= 4 is 46.8 Å². The number of oxime groups is 1. The first-order valence-corrected chi connectivity index (χ1v) is 11.2. The molecule has 2 aliphatic rings. The molecule has 0 aromatic carbocycles. The zero-order valence-corrected chi connectivity index (χ0v) is 18.5. The summed E-state index contributed by atoms with van der Waals surface area (Å²) >= 11 is 2.70. The molecule has 0 radical (unpaired) electrons. The minimum Gasteiger partial charge on any atom is -0.398 e. The van der Waals surface area contributed by atoms with Crippen LogP contribution < -0.4 is 16.4 Å². The molecule has 1 aromatic heterocycles. The molecule has 2 atom stereocenters. The van der Waals surface area contributed by atoms with Gasteiger partial charge in [-0.3, -0.25) is 39.1 Å². The molecule has 12 nitrogen and oxygen atoms in total. The van der Waals surface area contributed by atoms with Gasteiger partial charge < -0.3 is 10.2 Å². The maximum absolute atomic E-state index is 12.7. The predicted molar refractivity (Wildman–Crippen MR) is 114 cm³/mol. The van der Waals surface area contributed by atoms with Gasteiger partial charge in [-0.25, -0.2) is 0 Å². The number of nitrogens with one attached hydrogen (secondary N) is 3. The molecule has 1 saturated heterocycles. The van der Waals surface area contributed by atoms with Crippen LogP contribution in [0.25, 0.3) is 0 Å². The zero-order valence-electron chi connectivity index (χ0n) is 16.9. The number of allylic oxidation sites excluding steroid dienone is 1. The minimum absolute atomic E-state index is 0.0802. The fourth-order valence-electron chi connectivity index (χ4n) is 2.98. The largest absolute Gasteiger partial charge is 0.398 e. The Bertz CT molecular complexity index is 1090. The van der Waals surface area contributed by atoms with Crippen LogP contribution in [-0.2, 0) is 19.2 Å². The molecule has 1 fully saturated rings. The average molecular weight is 469 g/mol. The van der Waals surface area contributed by atoms with Gasteiger partial charge in [-0.15, -0.1) is 11.8 Å². The number of rotatable bonds is 8. The second-order valence-electron chi connectivity index (χ2n) is 6.54. The van der Waals surface area contributed by atoms with E-state index in [-0.39, 0.29) is 28.6 Å². The van der Waals surface area contributed by atoms with Crippen LogP contribution in [-0.4, -0.2) is 73.4 Å². The lowest BCUT2D eigenvalue weighted by molar-refractivity contribution is -0.145. The van der Waals surface area contributed by atoms with Crippen molar-refractivity contribution < 1.29 is 19.2 Å². The Morgan fingerprint density at radius 1 is 1.35 bits per heavy atom. The fourth-order valence-corrected chi connectivity index (χ4v) is 5.47. The fraction of sp³-hybridized carbons (Fsp3) is 0.471. The average Bonchev–Trinajstić information content (AvgIpc) is 2.76. The summed E-state index contributed by atoms with van der Waals surface area (Å²) in [5.41, 5.74) is -0.354. The number of nitrogens with zero attached hydrogens (tertiary/aromatic N) is 3. The second kappa shape index (κ2) is 9.51. The lowest BCUT2D eigenvalue weighted by atomic mass is 10.0. The number of carbonyl (C=O) groups excluding carboxylic acids is 3. The quantitative estimate of drug-likeness (QED) is 0.111. The van der Waals surface area contributed by atoms with Gasteiger partial charge >= 0.3 is 11.1 Å². The molecule has 14 heteroatoms. The van der Waals surface area contributed by atoms with Crippen LogP contribution >= 0.6 is 23.5 Å². The molecule has 166 valence electrons. The summed E-state index contributed by atoms with van der Waals surface area (Å²) in [5, 5.41) is 10.8. The summed E-state index contributed by atoms with van der Waals surface area (Å²) in [6.07, 6.45) is 0.0802. The van der Waals surface area contributed by atoms with Gasteiger partial charge in [-0.1, -0.05) is 23.8 Å². The lowest BCUT2D eigenvalue weighted by Gasteiger charge is -2.50. The van der Waals surface area contributed by atoms with E-state index in [9.17, 15) is 24.0 Å². The topological polar surface area (TPSA) is 167 Å². The third-order valence-corrected chi connectivity index (χ3v) is 6.98. The number of ketones is 1. The highest BCUT2D eigenvalue weighted by molar-refractivity contribution is 8.01. The summed E-state index contributed by atoms with van der Waals surface area (Å²) in [4.78, 5) is 69.2. The highest BCUT2D eigenvalue weighted by atomic mass is 32.2. The van der Waals surface area contributed by atoms with Crippen molar-refractivity contribution in [1.29, 1.82) is 0 Å². The summed E-state index contributed by atoms with van der Waals surface area (Å²) in [6, 6.07) is -0.773. The summed E-state index contributed by atoms with van der Waals surface area (Å²) in [5.74, 6) is -0.467. The summed E-state index contributed by atoms with van der Waals surface area (Å²) in [6.45, 7) is 3.40. The number of aromatic nitrogens is 3. The van der Waals surface area contributed by atoms with E-state index in [2.05, 4.69) is 30.5 Å². The molecule has 3 heterocycles. The van der Waals surface area contributed by atoms with E-state index in [1.54, 1.807) is 18.7 Å².